The van der Waals surface area contributed by atoms with Crippen molar-refractivity contribution in [2.24, 2.45) is 0 Å². The Kier molecular flexibility index (Phi) is 6.46. The maximum atomic E-state index is 13.0. The van der Waals surface area contributed by atoms with Crippen molar-refractivity contribution in [3.8, 4) is 11.3 Å². The summed E-state index contributed by atoms with van der Waals surface area (Å²) in [6, 6.07) is 10.4. The Morgan fingerprint density at radius 2 is 1.71 bits per heavy atom. The van der Waals surface area contributed by atoms with E-state index in [1.807, 2.05) is 0 Å². The molecule has 178 valence electrons. The van der Waals surface area contributed by atoms with Gasteiger partial charge in [0, 0.05) is 42.8 Å². The summed E-state index contributed by atoms with van der Waals surface area (Å²) in [4.78, 5) is 26.5. The van der Waals surface area contributed by atoms with Gasteiger partial charge >= 0.3 is 6.18 Å². The minimum atomic E-state index is -4.69. The number of rotatable bonds is 4. The summed E-state index contributed by atoms with van der Waals surface area (Å²) >= 11 is 12.1. The molecular formula is C22H16Cl2F3N3O4. The molecule has 7 nitrogen and oxygen atoms in total. The van der Waals surface area contributed by atoms with Crippen molar-refractivity contribution in [1.29, 1.82) is 0 Å². The molecule has 0 N–H and O–H groups in total. The number of hydrogen-bond donors (Lipinski definition) is 0. The molecule has 1 saturated heterocycles. The van der Waals surface area contributed by atoms with Gasteiger partial charge in [-0.3, -0.25) is 14.9 Å². The number of halogens is 5. The van der Waals surface area contributed by atoms with E-state index < -0.39 is 22.4 Å². The molecule has 0 saturated carbocycles. The van der Waals surface area contributed by atoms with E-state index in [0.717, 1.165) is 12.1 Å². The first kappa shape index (κ1) is 23.9. The first-order chi connectivity index (χ1) is 16.0. The SMILES string of the molecule is O=C(c1ccc(-c2ccc(Cl)cc2Cl)o1)N1CCN(c2ccc(C(F)(F)F)cc2[N+](=O)[O-])CC1. The highest BCUT2D eigenvalue weighted by Gasteiger charge is 2.34. The van der Waals surface area contributed by atoms with Crippen LogP contribution in [0.15, 0.2) is 52.9 Å². The molecule has 1 fully saturated rings. The van der Waals surface area contributed by atoms with E-state index >= 15 is 0 Å². The van der Waals surface area contributed by atoms with E-state index in [1.54, 1.807) is 29.2 Å². The number of furan rings is 1. The molecule has 0 spiro atoms. The number of carbonyl (C=O) groups is 1. The first-order valence-electron chi connectivity index (χ1n) is 9.99. The Labute approximate surface area is 201 Å². The minimum absolute atomic E-state index is 0.0720. The van der Waals surface area contributed by atoms with E-state index in [0.29, 0.717) is 27.4 Å². The van der Waals surface area contributed by atoms with Gasteiger partial charge in [0.2, 0.25) is 0 Å². The molecule has 0 atom stereocenters. The molecule has 3 aromatic rings. The normalized spacial score (nSPS) is 14.4. The van der Waals surface area contributed by atoms with Crippen LogP contribution >= 0.6 is 23.2 Å². The van der Waals surface area contributed by atoms with Gasteiger partial charge in [-0.2, -0.15) is 13.2 Å². The predicted octanol–water partition coefficient (Wildman–Crippen LogP) is 6.14. The second-order valence-electron chi connectivity index (χ2n) is 7.53. The number of amides is 1. The van der Waals surface area contributed by atoms with Crippen LogP contribution in [0, 0.1) is 10.1 Å². The fourth-order valence-corrected chi connectivity index (χ4v) is 4.21. The van der Waals surface area contributed by atoms with Crippen molar-refractivity contribution in [2.45, 2.75) is 6.18 Å². The van der Waals surface area contributed by atoms with Gasteiger partial charge in [-0.25, -0.2) is 0 Å². The largest absolute Gasteiger partial charge is 0.451 e. The molecule has 1 amide bonds. The summed E-state index contributed by atoms with van der Waals surface area (Å²) in [6.07, 6.45) is -4.69. The number of benzene rings is 2. The van der Waals surface area contributed by atoms with Crippen LogP contribution in [0.3, 0.4) is 0 Å². The Morgan fingerprint density at radius 1 is 1.00 bits per heavy atom. The third-order valence-electron chi connectivity index (χ3n) is 5.42. The van der Waals surface area contributed by atoms with Crippen LogP contribution in [0.4, 0.5) is 24.5 Å². The third kappa shape index (κ3) is 4.83. The molecule has 2 aromatic carbocycles. The standard InChI is InChI=1S/C22H16Cl2F3N3O4/c23-14-2-3-15(16(24)12-14)19-5-6-20(34-19)21(31)29-9-7-28(8-10-29)17-4-1-13(22(25,26)27)11-18(17)30(32)33/h1-6,11-12H,7-10H2. The number of alkyl halides is 3. The number of nitrogens with zero attached hydrogens (tertiary/aromatic N) is 3. The summed E-state index contributed by atoms with van der Waals surface area (Å²) < 4.78 is 44.5. The third-order valence-corrected chi connectivity index (χ3v) is 5.97. The summed E-state index contributed by atoms with van der Waals surface area (Å²) in [7, 11) is 0. The van der Waals surface area contributed by atoms with Gasteiger partial charge in [0.05, 0.1) is 15.5 Å². The number of anilines is 1. The molecule has 0 bridgehead atoms. The van der Waals surface area contributed by atoms with Gasteiger partial charge in [0.25, 0.3) is 11.6 Å². The van der Waals surface area contributed by atoms with E-state index in [1.165, 1.54) is 11.0 Å². The van der Waals surface area contributed by atoms with E-state index in [4.69, 9.17) is 27.6 Å². The Morgan fingerprint density at radius 3 is 2.32 bits per heavy atom. The van der Waals surface area contributed by atoms with Gasteiger partial charge in [-0.15, -0.1) is 0 Å². The lowest BCUT2D eigenvalue weighted by atomic mass is 10.1. The molecule has 4 rings (SSSR count). The molecule has 1 aliphatic heterocycles. The van der Waals surface area contributed by atoms with E-state index in [2.05, 4.69) is 0 Å². The van der Waals surface area contributed by atoms with Crippen molar-refractivity contribution in [1.82, 2.24) is 4.90 Å². The fraction of sp³-hybridized carbons (Fsp3) is 0.227. The van der Waals surface area contributed by atoms with Crippen molar-refractivity contribution in [2.75, 3.05) is 31.1 Å². The van der Waals surface area contributed by atoms with Crippen molar-refractivity contribution < 1.29 is 27.3 Å². The van der Waals surface area contributed by atoms with Crippen LogP contribution in [0.1, 0.15) is 16.1 Å². The molecule has 1 aliphatic rings. The lowest BCUT2D eigenvalue weighted by Crippen LogP contribution is -2.48. The smallest absolute Gasteiger partial charge is 0.416 e. The molecule has 0 aliphatic carbocycles. The second-order valence-corrected chi connectivity index (χ2v) is 8.37. The fourth-order valence-electron chi connectivity index (χ4n) is 3.71. The Hall–Kier alpha value is -3.24. The molecule has 12 heteroatoms. The summed E-state index contributed by atoms with van der Waals surface area (Å²) in [5.41, 5.74) is -1.08. The molecule has 2 heterocycles. The lowest BCUT2D eigenvalue weighted by Gasteiger charge is -2.35. The van der Waals surface area contributed by atoms with Crippen LogP contribution in [0.5, 0.6) is 0 Å². The van der Waals surface area contributed by atoms with E-state index in [9.17, 15) is 28.1 Å². The molecule has 1 aromatic heterocycles. The van der Waals surface area contributed by atoms with Crippen LogP contribution < -0.4 is 4.90 Å². The molecular weight excluding hydrogens is 498 g/mol. The number of nitro benzene ring substituents is 1. The zero-order valence-corrected chi connectivity index (χ0v) is 18.8. The highest BCUT2D eigenvalue weighted by molar-refractivity contribution is 6.36. The zero-order chi connectivity index (χ0) is 24.6. The maximum absolute atomic E-state index is 13.0. The summed E-state index contributed by atoms with van der Waals surface area (Å²) in [6.45, 7) is 0.812. The summed E-state index contributed by atoms with van der Waals surface area (Å²) in [5, 5.41) is 12.2. The average Bonchev–Trinajstić information content (AvgIpc) is 3.27. The van der Waals surface area contributed by atoms with Crippen LogP contribution in [-0.4, -0.2) is 41.9 Å². The quantitative estimate of drug-likeness (QED) is 0.309. The first-order valence-corrected chi connectivity index (χ1v) is 10.8. The van der Waals surface area contributed by atoms with Gasteiger partial charge in [0.1, 0.15) is 11.4 Å². The van der Waals surface area contributed by atoms with Gasteiger partial charge in [-0.05, 0) is 42.5 Å². The molecule has 0 radical (unpaired) electrons. The number of carbonyl (C=O) groups excluding carboxylic acids is 1. The maximum Gasteiger partial charge on any atom is 0.416 e. The predicted molar refractivity (Wildman–Crippen MR) is 120 cm³/mol. The zero-order valence-electron chi connectivity index (χ0n) is 17.3. The Balaban J connectivity index is 1.47. The van der Waals surface area contributed by atoms with Crippen molar-refractivity contribution >= 4 is 40.5 Å². The van der Waals surface area contributed by atoms with Crippen molar-refractivity contribution in [3.63, 3.8) is 0 Å². The van der Waals surface area contributed by atoms with Crippen molar-refractivity contribution in [3.05, 3.63) is 80.0 Å². The van der Waals surface area contributed by atoms with Crippen LogP contribution in [0.25, 0.3) is 11.3 Å². The van der Waals surface area contributed by atoms with Gasteiger partial charge in [0.15, 0.2) is 5.76 Å². The Bertz CT molecular complexity index is 1250. The van der Waals surface area contributed by atoms with Gasteiger partial charge in [-0.1, -0.05) is 23.2 Å². The number of nitro groups is 1. The minimum Gasteiger partial charge on any atom is -0.451 e. The van der Waals surface area contributed by atoms with E-state index in [-0.39, 0.29) is 43.5 Å². The van der Waals surface area contributed by atoms with Crippen LogP contribution in [-0.2, 0) is 6.18 Å². The highest BCUT2D eigenvalue weighted by Crippen LogP contribution is 2.37. The second kappa shape index (κ2) is 9.19. The van der Waals surface area contributed by atoms with Crippen LogP contribution in [0.2, 0.25) is 10.0 Å². The molecule has 34 heavy (non-hydrogen) atoms. The monoisotopic (exact) mass is 513 g/mol. The number of piperazine rings is 1. The lowest BCUT2D eigenvalue weighted by molar-refractivity contribution is -0.384. The van der Waals surface area contributed by atoms with Gasteiger partial charge < -0.3 is 14.2 Å². The highest BCUT2D eigenvalue weighted by atomic mass is 35.5. The molecule has 0 unspecified atom stereocenters. The number of hydrogen-bond acceptors (Lipinski definition) is 5. The topological polar surface area (TPSA) is 79.8 Å². The average molecular weight is 514 g/mol. The summed E-state index contributed by atoms with van der Waals surface area (Å²) in [5.74, 6) is 0.108.